The van der Waals surface area contributed by atoms with Gasteiger partial charge in [0, 0.05) is 0 Å². The smallest absolute Gasteiger partial charge is 0.173 e. The van der Waals surface area contributed by atoms with Gasteiger partial charge in [-0.15, -0.1) is 0 Å². The molecule has 0 fully saturated rings. The Bertz CT molecular complexity index is 101. The minimum absolute atomic E-state index is 0.267. The average Bonchev–Trinajstić information content (AvgIpc) is 1.82. The van der Waals surface area contributed by atoms with Gasteiger partial charge in [-0.25, -0.2) is 0 Å². The molecule has 0 aromatic rings. The fourth-order valence-corrected chi connectivity index (χ4v) is 0.462. The molecule has 0 heterocycles. The highest BCUT2D eigenvalue weighted by molar-refractivity contribution is 5.05. The van der Waals surface area contributed by atoms with Crippen LogP contribution in [-0.2, 0) is 0 Å². The molecule has 0 aromatic carbocycles. The first kappa shape index (κ1) is 8.60. The quantitative estimate of drug-likeness (QED) is 0.553. The molecule has 0 N–H and O–H groups in total. The summed E-state index contributed by atoms with van der Waals surface area (Å²) in [6.45, 7) is 6.87. The Labute approximate surface area is 54.6 Å². The topological polar surface area (TPSA) is 0 Å². The lowest BCUT2D eigenvalue weighted by molar-refractivity contribution is 0.410. The van der Waals surface area contributed by atoms with Crippen LogP contribution in [0.2, 0.25) is 0 Å². The van der Waals surface area contributed by atoms with Gasteiger partial charge in [0.25, 0.3) is 6.08 Å². The molecular formula is C7H10F2. The van der Waals surface area contributed by atoms with E-state index in [0.717, 1.165) is 12.8 Å². The maximum atomic E-state index is 11.5. The molecule has 0 atom stereocenters. The minimum atomic E-state index is -1.73. The van der Waals surface area contributed by atoms with E-state index in [0.29, 0.717) is 6.42 Å². The van der Waals surface area contributed by atoms with E-state index in [1.54, 1.807) is 0 Å². The van der Waals surface area contributed by atoms with Crippen LogP contribution < -0.4 is 0 Å². The number of unbranched alkanes of at least 4 members (excludes halogenated alkanes) is 1. The van der Waals surface area contributed by atoms with Crippen LogP contribution in [0.3, 0.4) is 0 Å². The fraction of sp³-hybridized carbons (Fsp3) is 0.571. The third-order valence-corrected chi connectivity index (χ3v) is 1.04. The van der Waals surface area contributed by atoms with Crippen molar-refractivity contribution in [3.63, 3.8) is 0 Å². The first-order valence-electron chi connectivity index (χ1n) is 2.98. The summed E-state index contributed by atoms with van der Waals surface area (Å²) in [6, 6.07) is 0. The van der Waals surface area contributed by atoms with Gasteiger partial charge >= 0.3 is 0 Å². The lowest BCUT2D eigenvalue weighted by atomic mass is 10.1. The van der Waals surface area contributed by atoms with Crippen molar-refractivity contribution < 1.29 is 8.78 Å². The SMILES string of the molecule is [CH]C(CCCC)=C(F)F. The zero-order chi connectivity index (χ0) is 7.28. The highest BCUT2D eigenvalue weighted by Gasteiger charge is 1.97. The molecule has 0 unspecified atom stereocenters. The van der Waals surface area contributed by atoms with E-state index >= 15 is 0 Å². The van der Waals surface area contributed by atoms with Crippen molar-refractivity contribution >= 4 is 0 Å². The Morgan fingerprint density at radius 1 is 1.44 bits per heavy atom. The second-order valence-corrected chi connectivity index (χ2v) is 1.89. The summed E-state index contributed by atoms with van der Waals surface area (Å²) in [6.07, 6.45) is 0.221. The summed E-state index contributed by atoms with van der Waals surface area (Å²) in [5.74, 6) is 0. The summed E-state index contributed by atoms with van der Waals surface area (Å²) >= 11 is 0. The zero-order valence-corrected chi connectivity index (χ0v) is 5.45. The maximum Gasteiger partial charge on any atom is 0.269 e. The molecule has 0 bridgehead atoms. The van der Waals surface area contributed by atoms with Crippen molar-refractivity contribution in [2.75, 3.05) is 0 Å². The average molecular weight is 132 g/mol. The Morgan fingerprint density at radius 3 is 2.33 bits per heavy atom. The summed E-state index contributed by atoms with van der Waals surface area (Å²) in [7, 11) is 0. The van der Waals surface area contributed by atoms with E-state index in [-0.39, 0.29) is 5.57 Å². The standard InChI is InChI=1S/C7H10F2/c1-3-4-5-6(2)7(8)9/h2H,3-5H2,1H3. The van der Waals surface area contributed by atoms with Gasteiger partial charge in [0.2, 0.25) is 0 Å². The van der Waals surface area contributed by atoms with Crippen molar-refractivity contribution in [3.8, 4) is 0 Å². The lowest BCUT2D eigenvalue weighted by Crippen LogP contribution is -1.78. The summed E-state index contributed by atoms with van der Waals surface area (Å²) < 4.78 is 23.0. The van der Waals surface area contributed by atoms with Crippen LogP contribution in [0.15, 0.2) is 11.7 Å². The van der Waals surface area contributed by atoms with Crippen molar-refractivity contribution in [1.29, 1.82) is 0 Å². The van der Waals surface area contributed by atoms with Crippen LogP contribution >= 0.6 is 0 Å². The number of allylic oxidation sites excluding steroid dienone is 1. The molecule has 0 nitrogen and oxygen atoms in total. The van der Waals surface area contributed by atoms with Gasteiger partial charge in [-0.05, 0) is 25.3 Å². The van der Waals surface area contributed by atoms with Gasteiger partial charge in [-0.3, -0.25) is 0 Å². The van der Waals surface area contributed by atoms with Crippen LogP contribution in [0.5, 0.6) is 0 Å². The molecule has 0 aliphatic rings. The number of hydrogen-bond acceptors (Lipinski definition) is 0. The Hall–Kier alpha value is -0.400. The largest absolute Gasteiger partial charge is 0.269 e. The number of hydrogen-bond donors (Lipinski definition) is 0. The van der Waals surface area contributed by atoms with Gasteiger partial charge in [-0.2, -0.15) is 8.78 Å². The molecule has 0 amide bonds. The second-order valence-electron chi connectivity index (χ2n) is 1.89. The van der Waals surface area contributed by atoms with Crippen LogP contribution in [0.1, 0.15) is 26.2 Å². The second kappa shape index (κ2) is 4.48. The molecule has 2 heteroatoms. The predicted molar refractivity (Wildman–Crippen MR) is 33.1 cm³/mol. The predicted octanol–water partition coefficient (Wildman–Crippen LogP) is 3.04. The summed E-state index contributed by atoms with van der Waals surface area (Å²) in [5, 5.41) is 0. The summed E-state index contributed by atoms with van der Waals surface area (Å²) in [5.41, 5.74) is -0.267. The number of rotatable bonds is 3. The molecule has 0 aliphatic carbocycles. The van der Waals surface area contributed by atoms with Crippen molar-refractivity contribution in [1.82, 2.24) is 0 Å². The van der Waals surface area contributed by atoms with Gasteiger partial charge in [-0.1, -0.05) is 13.3 Å². The first-order chi connectivity index (χ1) is 4.18. The van der Waals surface area contributed by atoms with Gasteiger partial charge in [0.1, 0.15) is 0 Å². The minimum Gasteiger partial charge on any atom is -0.173 e. The van der Waals surface area contributed by atoms with E-state index in [2.05, 4.69) is 0 Å². The van der Waals surface area contributed by atoms with Crippen LogP contribution in [0.4, 0.5) is 8.78 Å². The van der Waals surface area contributed by atoms with Gasteiger partial charge in [0.15, 0.2) is 0 Å². The maximum absolute atomic E-state index is 11.5. The normalized spacial score (nSPS) is 9.33. The Morgan fingerprint density at radius 2 is 2.00 bits per heavy atom. The Balaban J connectivity index is 3.50. The van der Waals surface area contributed by atoms with Crippen LogP contribution in [0, 0.1) is 6.92 Å². The van der Waals surface area contributed by atoms with E-state index in [4.69, 9.17) is 6.92 Å². The summed E-state index contributed by atoms with van der Waals surface area (Å²) in [4.78, 5) is 0. The molecule has 0 saturated heterocycles. The van der Waals surface area contributed by atoms with Crippen molar-refractivity contribution in [3.05, 3.63) is 18.6 Å². The van der Waals surface area contributed by atoms with Gasteiger partial charge < -0.3 is 0 Å². The molecule has 2 radical (unpaired) electrons. The molecular weight excluding hydrogens is 122 g/mol. The molecule has 52 valence electrons. The zero-order valence-electron chi connectivity index (χ0n) is 5.45. The molecule has 0 aliphatic heterocycles. The highest BCUT2D eigenvalue weighted by Crippen LogP contribution is 2.12. The van der Waals surface area contributed by atoms with E-state index in [9.17, 15) is 8.78 Å². The molecule has 9 heavy (non-hydrogen) atoms. The fourth-order valence-electron chi connectivity index (χ4n) is 0.462. The van der Waals surface area contributed by atoms with Crippen LogP contribution in [0.25, 0.3) is 0 Å². The Kier molecular flexibility index (Phi) is 4.28. The van der Waals surface area contributed by atoms with Crippen molar-refractivity contribution in [2.24, 2.45) is 0 Å². The highest BCUT2D eigenvalue weighted by atomic mass is 19.3. The van der Waals surface area contributed by atoms with Crippen LogP contribution in [-0.4, -0.2) is 0 Å². The number of halogens is 2. The molecule has 0 aromatic heterocycles. The molecule has 0 rings (SSSR count). The van der Waals surface area contributed by atoms with E-state index < -0.39 is 6.08 Å². The monoisotopic (exact) mass is 132 g/mol. The van der Waals surface area contributed by atoms with E-state index in [1.165, 1.54) is 0 Å². The lowest BCUT2D eigenvalue weighted by Gasteiger charge is -1.94. The third kappa shape index (κ3) is 4.13. The van der Waals surface area contributed by atoms with Gasteiger partial charge in [0.05, 0.1) is 0 Å². The van der Waals surface area contributed by atoms with Crippen molar-refractivity contribution in [2.45, 2.75) is 26.2 Å². The van der Waals surface area contributed by atoms with E-state index in [1.807, 2.05) is 6.92 Å². The molecule has 0 saturated carbocycles. The molecule has 0 spiro atoms. The third-order valence-electron chi connectivity index (χ3n) is 1.04. The first-order valence-corrected chi connectivity index (χ1v) is 2.98.